The van der Waals surface area contributed by atoms with Crippen LogP contribution in [-0.4, -0.2) is 12.6 Å². The van der Waals surface area contributed by atoms with E-state index in [1.807, 2.05) is 37.3 Å². The summed E-state index contributed by atoms with van der Waals surface area (Å²) in [5.74, 6) is 0.645. The third kappa shape index (κ3) is 4.08. The second kappa shape index (κ2) is 7.24. The first-order chi connectivity index (χ1) is 11.5. The fourth-order valence-corrected chi connectivity index (χ4v) is 2.94. The van der Waals surface area contributed by atoms with Crippen LogP contribution in [0.3, 0.4) is 0 Å². The van der Waals surface area contributed by atoms with Gasteiger partial charge in [-0.25, -0.2) is 4.79 Å². The summed E-state index contributed by atoms with van der Waals surface area (Å²) < 4.78 is 11.8. The molecular formula is C19H14BrClO3. The number of benzene rings is 3. The Morgan fingerprint density at radius 3 is 2.58 bits per heavy atom. The molecule has 0 aliphatic carbocycles. The van der Waals surface area contributed by atoms with Gasteiger partial charge in [-0.2, -0.15) is 0 Å². The molecule has 0 aliphatic heterocycles. The van der Waals surface area contributed by atoms with Gasteiger partial charge < -0.3 is 9.47 Å². The fraction of sp³-hybridized carbons (Fsp3) is 0.105. The van der Waals surface area contributed by atoms with Crippen molar-refractivity contribution in [1.82, 2.24) is 0 Å². The molecule has 5 heteroatoms. The van der Waals surface area contributed by atoms with Crippen molar-refractivity contribution in [2.75, 3.05) is 6.61 Å². The van der Waals surface area contributed by atoms with E-state index in [1.165, 1.54) is 0 Å². The Morgan fingerprint density at radius 1 is 1.04 bits per heavy atom. The van der Waals surface area contributed by atoms with E-state index in [1.54, 1.807) is 24.3 Å². The van der Waals surface area contributed by atoms with Gasteiger partial charge in [0.05, 0.1) is 0 Å². The van der Waals surface area contributed by atoms with Crippen LogP contribution < -0.4 is 9.47 Å². The molecule has 0 amide bonds. The van der Waals surface area contributed by atoms with Gasteiger partial charge in [-0.15, -0.1) is 0 Å². The highest BCUT2D eigenvalue weighted by molar-refractivity contribution is 9.10. The summed E-state index contributed by atoms with van der Waals surface area (Å²) in [7, 11) is 0. The van der Waals surface area contributed by atoms with Crippen molar-refractivity contribution in [3.05, 3.63) is 69.7 Å². The maximum atomic E-state index is 12.0. The standard InChI is InChI=1S/C19H14BrClO3/c1-12-8-16(21)5-7-18(12)23-11-19(22)24-17-6-3-13-9-15(20)4-2-14(13)10-17/h2-10H,11H2,1H3. The third-order valence-corrected chi connectivity index (χ3v) is 4.22. The van der Waals surface area contributed by atoms with E-state index in [2.05, 4.69) is 15.9 Å². The van der Waals surface area contributed by atoms with Gasteiger partial charge in [0, 0.05) is 9.50 Å². The largest absolute Gasteiger partial charge is 0.482 e. The Kier molecular flexibility index (Phi) is 5.07. The zero-order chi connectivity index (χ0) is 17.1. The Bertz CT molecular complexity index is 908. The minimum atomic E-state index is -0.458. The Labute approximate surface area is 153 Å². The zero-order valence-electron chi connectivity index (χ0n) is 12.9. The van der Waals surface area contributed by atoms with E-state index in [4.69, 9.17) is 21.1 Å². The SMILES string of the molecule is Cc1cc(Cl)ccc1OCC(=O)Oc1ccc2cc(Br)ccc2c1. The van der Waals surface area contributed by atoms with E-state index in [-0.39, 0.29) is 6.61 Å². The molecule has 3 aromatic carbocycles. The Morgan fingerprint density at radius 2 is 1.79 bits per heavy atom. The smallest absolute Gasteiger partial charge is 0.349 e. The molecule has 0 N–H and O–H groups in total. The van der Waals surface area contributed by atoms with Crippen molar-refractivity contribution >= 4 is 44.3 Å². The first kappa shape index (κ1) is 16.8. The number of halogens is 2. The summed E-state index contributed by atoms with van der Waals surface area (Å²) in [6.07, 6.45) is 0. The van der Waals surface area contributed by atoms with Crippen LogP contribution in [0.1, 0.15) is 5.56 Å². The first-order valence-electron chi connectivity index (χ1n) is 7.30. The number of fused-ring (bicyclic) bond motifs is 1. The van der Waals surface area contributed by atoms with Gasteiger partial charge in [-0.3, -0.25) is 0 Å². The molecule has 0 unspecified atom stereocenters. The maximum absolute atomic E-state index is 12.0. The number of aryl methyl sites for hydroxylation is 1. The lowest BCUT2D eigenvalue weighted by molar-refractivity contribution is -0.136. The molecule has 0 spiro atoms. The van der Waals surface area contributed by atoms with Crippen molar-refractivity contribution in [2.24, 2.45) is 0 Å². The molecule has 0 heterocycles. The summed E-state index contributed by atoms with van der Waals surface area (Å²) in [4.78, 5) is 12.0. The van der Waals surface area contributed by atoms with Gasteiger partial charge in [0.25, 0.3) is 0 Å². The molecule has 0 atom stereocenters. The second-order valence-electron chi connectivity index (χ2n) is 5.33. The van der Waals surface area contributed by atoms with Crippen LogP contribution in [0.15, 0.2) is 59.1 Å². The number of rotatable bonds is 4. The fourth-order valence-electron chi connectivity index (χ4n) is 2.33. The zero-order valence-corrected chi connectivity index (χ0v) is 15.2. The van der Waals surface area contributed by atoms with Crippen LogP contribution in [0, 0.1) is 6.92 Å². The van der Waals surface area contributed by atoms with Crippen molar-refractivity contribution < 1.29 is 14.3 Å². The van der Waals surface area contributed by atoms with Crippen LogP contribution in [-0.2, 0) is 4.79 Å². The van der Waals surface area contributed by atoms with Crippen LogP contribution in [0.5, 0.6) is 11.5 Å². The highest BCUT2D eigenvalue weighted by Gasteiger charge is 2.08. The Balaban J connectivity index is 1.65. The summed E-state index contributed by atoms with van der Waals surface area (Å²) in [5, 5.41) is 2.69. The van der Waals surface area contributed by atoms with E-state index in [0.29, 0.717) is 16.5 Å². The Hall–Kier alpha value is -2.04. The molecule has 24 heavy (non-hydrogen) atoms. The minimum absolute atomic E-state index is 0.166. The summed E-state index contributed by atoms with van der Waals surface area (Å²) in [5.41, 5.74) is 0.867. The molecule has 0 bridgehead atoms. The van der Waals surface area contributed by atoms with Crippen molar-refractivity contribution in [3.8, 4) is 11.5 Å². The lowest BCUT2D eigenvalue weighted by Crippen LogP contribution is -2.18. The molecule has 3 rings (SSSR count). The molecule has 0 fully saturated rings. The molecule has 122 valence electrons. The van der Waals surface area contributed by atoms with Crippen molar-refractivity contribution in [3.63, 3.8) is 0 Å². The van der Waals surface area contributed by atoms with E-state index in [9.17, 15) is 4.79 Å². The number of hydrogen-bond acceptors (Lipinski definition) is 3. The molecule has 0 saturated heterocycles. The van der Waals surface area contributed by atoms with E-state index in [0.717, 1.165) is 20.8 Å². The summed E-state index contributed by atoms with van der Waals surface area (Å²) in [6, 6.07) is 16.7. The number of hydrogen-bond donors (Lipinski definition) is 0. The van der Waals surface area contributed by atoms with Crippen LogP contribution in [0.25, 0.3) is 10.8 Å². The van der Waals surface area contributed by atoms with Crippen LogP contribution >= 0.6 is 27.5 Å². The average Bonchev–Trinajstić information content (AvgIpc) is 2.54. The molecule has 0 aliphatic rings. The third-order valence-electron chi connectivity index (χ3n) is 3.49. The van der Waals surface area contributed by atoms with Crippen molar-refractivity contribution in [2.45, 2.75) is 6.92 Å². The highest BCUT2D eigenvalue weighted by atomic mass is 79.9. The normalized spacial score (nSPS) is 10.6. The summed E-state index contributed by atoms with van der Waals surface area (Å²) >= 11 is 9.33. The molecule has 3 aromatic rings. The number of esters is 1. The highest BCUT2D eigenvalue weighted by Crippen LogP contribution is 2.25. The van der Waals surface area contributed by atoms with Crippen LogP contribution in [0.4, 0.5) is 0 Å². The maximum Gasteiger partial charge on any atom is 0.349 e. The van der Waals surface area contributed by atoms with E-state index < -0.39 is 5.97 Å². The molecule has 0 radical (unpaired) electrons. The van der Waals surface area contributed by atoms with Gasteiger partial charge in [-0.05, 0) is 65.7 Å². The van der Waals surface area contributed by atoms with Gasteiger partial charge in [0.15, 0.2) is 6.61 Å². The van der Waals surface area contributed by atoms with Crippen LogP contribution in [0.2, 0.25) is 5.02 Å². The lowest BCUT2D eigenvalue weighted by Gasteiger charge is -2.09. The second-order valence-corrected chi connectivity index (χ2v) is 6.68. The van der Waals surface area contributed by atoms with Crippen molar-refractivity contribution in [1.29, 1.82) is 0 Å². The number of carbonyl (C=O) groups is 1. The van der Waals surface area contributed by atoms with Gasteiger partial charge >= 0.3 is 5.97 Å². The predicted molar refractivity (Wildman–Crippen MR) is 99.0 cm³/mol. The van der Waals surface area contributed by atoms with Gasteiger partial charge in [0.2, 0.25) is 0 Å². The minimum Gasteiger partial charge on any atom is -0.482 e. The first-order valence-corrected chi connectivity index (χ1v) is 8.47. The number of ether oxygens (including phenoxy) is 2. The topological polar surface area (TPSA) is 35.5 Å². The molecular weight excluding hydrogens is 392 g/mol. The predicted octanol–water partition coefficient (Wildman–Crippen LogP) is 5.55. The lowest BCUT2D eigenvalue weighted by atomic mass is 10.1. The summed E-state index contributed by atoms with van der Waals surface area (Å²) in [6.45, 7) is 1.70. The monoisotopic (exact) mass is 404 g/mol. The quantitative estimate of drug-likeness (QED) is 0.422. The molecule has 3 nitrogen and oxygen atoms in total. The van der Waals surface area contributed by atoms with E-state index >= 15 is 0 Å². The average molecular weight is 406 g/mol. The molecule has 0 aromatic heterocycles. The van der Waals surface area contributed by atoms with Gasteiger partial charge in [0.1, 0.15) is 11.5 Å². The number of carbonyl (C=O) groups excluding carboxylic acids is 1. The molecule has 0 saturated carbocycles. The van der Waals surface area contributed by atoms with Gasteiger partial charge in [-0.1, -0.05) is 39.7 Å².